The highest BCUT2D eigenvalue weighted by atomic mass is 35.5. The summed E-state index contributed by atoms with van der Waals surface area (Å²) in [6.07, 6.45) is 1.12. The summed E-state index contributed by atoms with van der Waals surface area (Å²) in [6.45, 7) is 2.17. The highest BCUT2D eigenvalue weighted by molar-refractivity contribution is 6.31. The van der Waals surface area contributed by atoms with Crippen LogP contribution in [0.15, 0.2) is 52.1 Å². The topological polar surface area (TPSA) is 122 Å². The molecule has 0 unspecified atom stereocenters. The normalized spacial score (nSPS) is 15.1. The van der Waals surface area contributed by atoms with Crippen molar-refractivity contribution in [3.8, 4) is 17.2 Å². The average molecular weight is 557 g/mol. The predicted octanol–water partition coefficient (Wildman–Crippen LogP) is 2.53. The smallest absolute Gasteiger partial charge is 0.352 e. The lowest BCUT2D eigenvalue weighted by atomic mass is 9.98. The summed E-state index contributed by atoms with van der Waals surface area (Å²) in [5, 5.41) is 4.57. The fraction of sp³-hybridized carbons (Fsp3) is 0.370. The standard InChI is InChI=1S/C27H29ClN4O7/c1-4-39-26(35)18-9-7-13-30(15-18)24(33)23-25(34)31(16-17-8-5-6-10-20(17)28)27(36)32(29-23)19-11-12-21(37-2)22(14-19)38-3/h5-6,8,10-12,14,18H,4,7,9,13,15-16H2,1-3H3/t18-/m1/s1. The molecule has 2 aromatic carbocycles. The first-order valence-corrected chi connectivity index (χ1v) is 12.8. The fourth-order valence-electron chi connectivity index (χ4n) is 4.47. The lowest BCUT2D eigenvalue weighted by molar-refractivity contribution is -0.149. The van der Waals surface area contributed by atoms with Crippen LogP contribution in [0.4, 0.5) is 0 Å². The molecule has 39 heavy (non-hydrogen) atoms. The van der Waals surface area contributed by atoms with Crippen LogP contribution in [0.25, 0.3) is 5.69 Å². The van der Waals surface area contributed by atoms with Gasteiger partial charge >= 0.3 is 11.7 Å². The number of esters is 1. The molecule has 1 aromatic heterocycles. The molecule has 1 amide bonds. The minimum absolute atomic E-state index is 0.0821. The lowest BCUT2D eigenvalue weighted by Gasteiger charge is -2.31. The number of ether oxygens (including phenoxy) is 3. The Hall–Kier alpha value is -4.12. The first-order valence-electron chi connectivity index (χ1n) is 12.4. The molecule has 2 heterocycles. The van der Waals surface area contributed by atoms with E-state index in [1.807, 2.05) is 0 Å². The van der Waals surface area contributed by atoms with Crippen LogP contribution in [0.3, 0.4) is 0 Å². The van der Waals surface area contributed by atoms with E-state index in [-0.39, 0.29) is 25.4 Å². The molecule has 1 fully saturated rings. The number of hydrogen-bond acceptors (Lipinski definition) is 8. The highest BCUT2D eigenvalue weighted by Crippen LogP contribution is 2.28. The van der Waals surface area contributed by atoms with Crippen LogP contribution in [-0.2, 0) is 16.1 Å². The zero-order chi connectivity index (χ0) is 28.1. The molecule has 0 radical (unpaired) electrons. The molecule has 0 saturated carbocycles. The van der Waals surface area contributed by atoms with Crippen molar-refractivity contribution in [2.75, 3.05) is 33.9 Å². The van der Waals surface area contributed by atoms with Crippen LogP contribution in [0.1, 0.15) is 35.8 Å². The molecule has 3 aromatic rings. The van der Waals surface area contributed by atoms with Crippen LogP contribution in [0.5, 0.6) is 11.5 Å². The molecule has 1 saturated heterocycles. The Labute approximate surface area is 229 Å². The maximum atomic E-state index is 13.6. The molecule has 1 atom stereocenters. The molecule has 11 nitrogen and oxygen atoms in total. The Balaban J connectivity index is 1.84. The molecule has 0 bridgehead atoms. The highest BCUT2D eigenvalue weighted by Gasteiger charge is 2.32. The van der Waals surface area contributed by atoms with Crippen molar-refractivity contribution < 1.29 is 23.8 Å². The summed E-state index contributed by atoms with van der Waals surface area (Å²) in [7, 11) is 2.92. The average Bonchev–Trinajstić information content (AvgIpc) is 2.95. The van der Waals surface area contributed by atoms with Crippen molar-refractivity contribution in [1.29, 1.82) is 0 Å². The first-order chi connectivity index (χ1) is 18.8. The molecule has 1 aliphatic rings. The second-order valence-corrected chi connectivity index (χ2v) is 9.31. The van der Waals surface area contributed by atoms with E-state index in [1.54, 1.807) is 43.3 Å². The van der Waals surface area contributed by atoms with Crippen LogP contribution in [-0.4, -0.2) is 65.0 Å². The largest absolute Gasteiger partial charge is 0.493 e. The third-order valence-corrected chi connectivity index (χ3v) is 6.86. The number of likely N-dealkylation sites (tertiary alicyclic amines) is 1. The van der Waals surface area contributed by atoms with Crippen molar-refractivity contribution in [3.05, 3.63) is 79.6 Å². The van der Waals surface area contributed by atoms with Crippen LogP contribution >= 0.6 is 11.6 Å². The van der Waals surface area contributed by atoms with Gasteiger partial charge in [0.05, 0.1) is 39.0 Å². The Kier molecular flexibility index (Phi) is 8.70. The van der Waals surface area contributed by atoms with Gasteiger partial charge in [-0.3, -0.25) is 19.0 Å². The van der Waals surface area contributed by atoms with Gasteiger partial charge in [0, 0.05) is 24.2 Å². The zero-order valence-corrected chi connectivity index (χ0v) is 22.6. The number of amides is 1. The number of benzene rings is 2. The predicted molar refractivity (Wildman–Crippen MR) is 143 cm³/mol. The van der Waals surface area contributed by atoms with E-state index in [1.165, 1.54) is 25.2 Å². The summed E-state index contributed by atoms with van der Waals surface area (Å²) in [5.74, 6) is -0.836. The zero-order valence-electron chi connectivity index (χ0n) is 21.9. The number of halogens is 1. The van der Waals surface area contributed by atoms with E-state index >= 15 is 0 Å². The van der Waals surface area contributed by atoms with Gasteiger partial charge in [0.2, 0.25) is 5.69 Å². The van der Waals surface area contributed by atoms with Crippen LogP contribution in [0, 0.1) is 5.92 Å². The van der Waals surface area contributed by atoms with Crippen molar-refractivity contribution >= 4 is 23.5 Å². The van der Waals surface area contributed by atoms with Gasteiger partial charge < -0.3 is 19.1 Å². The van der Waals surface area contributed by atoms with Gasteiger partial charge in [-0.1, -0.05) is 29.8 Å². The van der Waals surface area contributed by atoms with E-state index in [2.05, 4.69) is 5.10 Å². The number of piperidine rings is 1. The van der Waals surface area contributed by atoms with Crippen molar-refractivity contribution in [3.63, 3.8) is 0 Å². The number of hydrogen-bond donors (Lipinski definition) is 0. The summed E-state index contributed by atoms with van der Waals surface area (Å²) < 4.78 is 17.7. The van der Waals surface area contributed by atoms with Crippen LogP contribution < -0.4 is 20.7 Å². The third kappa shape index (κ3) is 5.83. The van der Waals surface area contributed by atoms with E-state index in [0.29, 0.717) is 41.5 Å². The molecule has 0 spiro atoms. The Morgan fingerprint density at radius 1 is 1.08 bits per heavy atom. The number of methoxy groups -OCH3 is 2. The van der Waals surface area contributed by atoms with Crippen molar-refractivity contribution in [1.82, 2.24) is 19.2 Å². The van der Waals surface area contributed by atoms with E-state index in [4.69, 9.17) is 25.8 Å². The summed E-state index contributed by atoms with van der Waals surface area (Å²) in [4.78, 5) is 54.5. The van der Waals surface area contributed by atoms with Gasteiger partial charge in [-0.15, -0.1) is 0 Å². The molecule has 0 N–H and O–H groups in total. The summed E-state index contributed by atoms with van der Waals surface area (Å²) in [5.41, 5.74) is -1.32. The second-order valence-electron chi connectivity index (χ2n) is 8.91. The van der Waals surface area contributed by atoms with Gasteiger partial charge in [0.1, 0.15) is 0 Å². The van der Waals surface area contributed by atoms with Gasteiger partial charge in [-0.25, -0.2) is 4.79 Å². The van der Waals surface area contributed by atoms with Gasteiger partial charge in [-0.05, 0) is 43.5 Å². The minimum atomic E-state index is -0.861. The quantitative estimate of drug-likeness (QED) is 0.388. The number of rotatable bonds is 8. The summed E-state index contributed by atoms with van der Waals surface area (Å²) >= 11 is 6.31. The molecular weight excluding hydrogens is 528 g/mol. The Bertz CT molecular complexity index is 1500. The van der Waals surface area contributed by atoms with Gasteiger partial charge in [0.15, 0.2) is 11.5 Å². The van der Waals surface area contributed by atoms with Crippen molar-refractivity contribution in [2.24, 2.45) is 5.92 Å². The van der Waals surface area contributed by atoms with Crippen molar-refractivity contribution in [2.45, 2.75) is 26.3 Å². The molecule has 0 aliphatic carbocycles. The second kappa shape index (κ2) is 12.2. The molecule has 1 aliphatic heterocycles. The van der Waals surface area contributed by atoms with Gasteiger partial charge in [-0.2, -0.15) is 9.78 Å². The number of aromatic nitrogens is 3. The molecule has 206 valence electrons. The molecular formula is C27H29ClN4O7. The van der Waals surface area contributed by atoms with E-state index in [9.17, 15) is 19.2 Å². The third-order valence-electron chi connectivity index (χ3n) is 6.49. The number of carbonyl (C=O) groups is 2. The van der Waals surface area contributed by atoms with E-state index in [0.717, 1.165) is 9.25 Å². The lowest BCUT2D eigenvalue weighted by Crippen LogP contribution is -2.49. The SMILES string of the molecule is CCOC(=O)[C@@H]1CCCN(C(=O)c2nn(-c3ccc(OC)c(OC)c3)c(=O)n(Cc3ccccc3Cl)c2=O)C1. The maximum absolute atomic E-state index is 13.6. The number of carbonyl (C=O) groups excluding carboxylic acids is 2. The molecule has 4 rings (SSSR count). The fourth-order valence-corrected chi connectivity index (χ4v) is 4.67. The van der Waals surface area contributed by atoms with Crippen LogP contribution in [0.2, 0.25) is 5.02 Å². The minimum Gasteiger partial charge on any atom is -0.493 e. The first kappa shape index (κ1) is 27.9. The van der Waals surface area contributed by atoms with E-state index < -0.39 is 34.7 Å². The molecule has 12 heteroatoms. The maximum Gasteiger partial charge on any atom is 0.352 e. The van der Waals surface area contributed by atoms with Gasteiger partial charge in [0.25, 0.3) is 11.5 Å². The summed E-state index contributed by atoms with van der Waals surface area (Å²) in [6, 6.07) is 11.5. The number of nitrogens with zero attached hydrogens (tertiary/aromatic N) is 4. The Morgan fingerprint density at radius 2 is 1.82 bits per heavy atom. The monoisotopic (exact) mass is 556 g/mol. The Morgan fingerprint density at radius 3 is 2.51 bits per heavy atom.